The Labute approximate surface area is 98.5 Å². The maximum absolute atomic E-state index is 5.85. The third-order valence-corrected chi connectivity index (χ3v) is 2.66. The van der Waals surface area contributed by atoms with Crippen molar-refractivity contribution in [1.29, 1.82) is 0 Å². The van der Waals surface area contributed by atoms with Gasteiger partial charge in [-0.15, -0.1) is 11.6 Å². The van der Waals surface area contributed by atoms with Crippen LogP contribution in [-0.4, -0.2) is 6.61 Å². The van der Waals surface area contributed by atoms with E-state index in [1.54, 1.807) is 0 Å². The van der Waals surface area contributed by atoms with Crippen LogP contribution in [0, 0.1) is 6.92 Å². The van der Waals surface area contributed by atoms with Gasteiger partial charge in [-0.3, -0.25) is 0 Å². The predicted molar refractivity (Wildman–Crippen MR) is 64.2 cm³/mol. The highest BCUT2D eigenvalue weighted by Gasteiger charge is 2.07. The maximum Gasteiger partial charge on any atom is 0.126 e. The van der Waals surface area contributed by atoms with Crippen molar-refractivity contribution in [3.63, 3.8) is 0 Å². The summed E-state index contributed by atoms with van der Waals surface area (Å²) >= 11 is 9.30. The molecular formula is C11H14BrClO. The molecule has 0 saturated carbocycles. The van der Waals surface area contributed by atoms with Gasteiger partial charge in [0.15, 0.2) is 0 Å². The molecule has 0 saturated heterocycles. The first-order chi connectivity index (χ1) is 6.69. The Hall–Kier alpha value is -0.210. The molecule has 0 amide bonds. The highest BCUT2D eigenvalue weighted by molar-refractivity contribution is 9.10. The summed E-state index contributed by atoms with van der Waals surface area (Å²) in [5.41, 5.74) is 2.18. The highest BCUT2D eigenvalue weighted by Crippen LogP contribution is 2.29. The molecule has 0 fully saturated rings. The van der Waals surface area contributed by atoms with Crippen molar-refractivity contribution in [2.24, 2.45) is 0 Å². The molecule has 78 valence electrons. The summed E-state index contributed by atoms with van der Waals surface area (Å²) in [6.45, 7) is 4.87. The number of ether oxygens (including phenoxy) is 1. The van der Waals surface area contributed by atoms with Gasteiger partial charge in [0.25, 0.3) is 0 Å². The molecule has 0 aromatic heterocycles. The fraction of sp³-hybridized carbons (Fsp3) is 0.455. The van der Waals surface area contributed by atoms with Crippen LogP contribution in [0.25, 0.3) is 0 Å². The molecule has 0 radical (unpaired) electrons. The standard InChI is InChI=1S/C11H14BrClO/c1-3-4-14-11-8(2)5-10(12)6-9(11)7-13/h5-6H,3-4,7H2,1-2H3. The van der Waals surface area contributed by atoms with Crippen LogP contribution in [-0.2, 0) is 5.88 Å². The van der Waals surface area contributed by atoms with Crippen LogP contribution in [0.15, 0.2) is 16.6 Å². The molecule has 0 atom stereocenters. The summed E-state index contributed by atoms with van der Waals surface area (Å²) < 4.78 is 6.71. The molecule has 14 heavy (non-hydrogen) atoms. The topological polar surface area (TPSA) is 9.23 Å². The molecule has 0 bridgehead atoms. The number of rotatable bonds is 4. The first kappa shape index (κ1) is 11.9. The van der Waals surface area contributed by atoms with Crippen LogP contribution in [0.3, 0.4) is 0 Å². The van der Waals surface area contributed by atoms with Crippen LogP contribution in [0.5, 0.6) is 5.75 Å². The number of halogens is 2. The smallest absolute Gasteiger partial charge is 0.126 e. The summed E-state index contributed by atoms with van der Waals surface area (Å²) in [7, 11) is 0. The first-order valence-corrected chi connectivity index (χ1v) is 5.99. The number of hydrogen-bond donors (Lipinski definition) is 0. The van der Waals surface area contributed by atoms with Crippen molar-refractivity contribution in [1.82, 2.24) is 0 Å². The second kappa shape index (κ2) is 5.62. The zero-order valence-corrected chi connectivity index (χ0v) is 10.8. The number of hydrogen-bond acceptors (Lipinski definition) is 1. The molecule has 0 aliphatic heterocycles. The van der Waals surface area contributed by atoms with E-state index in [-0.39, 0.29) is 0 Å². The molecule has 1 aromatic rings. The van der Waals surface area contributed by atoms with Crippen LogP contribution in [0.1, 0.15) is 24.5 Å². The van der Waals surface area contributed by atoms with E-state index in [4.69, 9.17) is 16.3 Å². The summed E-state index contributed by atoms with van der Waals surface area (Å²) in [5, 5.41) is 0. The van der Waals surface area contributed by atoms with Gasteiger partial charge in [0.05, 0.1) is 12.5 Å². The average Bonchev–Trinajstić information content (AvgIpc) is 2.15. The van der Waals surface area contributed by atoms with Gasteiger partial charge in [-0.25, -0.2) is 0 Å². The number of benzene rings is 1. The van der Waals surface area contributed by atoms with E-state index in [9.17, 15) is 0 Å². The lowest BCUT2D eigenvalue weighted by Crippen LogP contribution is -2.00. The van der Waals surface area contributed by atoms with Gasteiger partial charge in [0, 0.05) is 10.0 Å². The van der Waals surface area contributed by atoms with Gasteiger partial charge >= 0.3 is 0 Å². The minimum absolute atomic E-state index is 0.485. The van der Waals surface area contributed by atoms with E-state index in [1.807, 2.05) is 19.1 Å². The Morgan fingerprint density at radius 3 is 2.71 bits per heavy atom. The quantitative estimate of drug-likeness (QED) is 0.746. The zero-order chi connectivity index (χ0) is 10.6. The SMILES string of the molecule is CCCOc1c(C)cc(Br)cc1CCl. The number of alkyl halides is 1. The van der Waals surface area contributed by atoms with Crippen LogP contribution < -0.4 is 4.74 Å². The molecule has 0 unspecified atom stereocenters. The summed E-state index contributed by atoms with van der Waals surface area (Å²) in [5.74, 6) is 1.42. The van der Waals surface area contributed by atoms with E-state index in [2.05, 4.69) is 22.9 Å². The van der Waals surface area contributed by atoms with Crippen molar-refractivity contribution in [3.8, 4) is 5.75 Å². The minimum Gasteiger partial charge on any atom is -0.493 e. The Bertz CT molecular complexity index is 312. The normalized spacial score (nSPS) is 10.3. The van der Waals surface area contributed by atoms with Gasteiger partial charge in [0.2, 0.25) is 0 Å². The van der Waals surface area contributed by atoms with Crippen LogP contribution >= 0.6 is 27.5 Å². The second-order valence-electron chi connectivity index (χ2n) is 3.19. The second-order valence-corrected chi connectivity index (χ2v) is 4.38. The molecule has 1 nitrogen and oxygen atoms in total. The summed E-state index contributed by atoms with van der Waals surface area (Å²) in [6.07, 6.45) is 1.01. The Morgan fingerprint density at radius 2 is 2.14 bits per heavy atom. The molecule has 1 rings (SSSR count). The van der Waals surface area contributed by atoms with Gasteiger partial charge in [0.1, 0.15) is 5.75 Å². The third-order valence-electron chi connectivity index (χ3n) is 1.91. The van der Waals surface area contributed by atoms with Crippen molar-refractivity contribution in [2.75, 3.05) is 6.61 Å². The van der Waals surface area contributed by atoms with E-state index >= 15 is 0 Å². The lowest BCUT2D eigenvalue weighted by molar-refractivity contribution is 0.313. The van der Waals surface area contributed by atoms with Crippen molar-refractivity contribution >= 4 is 27.5 Å². The first-order valence-electron chi connectivity index (χ1n) is 4.66. The minimum atomic E-state index is 0.485. The Balaban J connectivity index is 2.99. The molecular weight excluding hydrogens is 263 g/mol. The monoisotopic (exact) mass is 276 g/mol. The average molecular weight is 278 g/mol. The lowest BCUT2D eigenvalue weighted by Gasteiger charge is -2.12. The van der Waals surface area contributed by atoms with Crippen molar-refractivity contribution in [2.45, 2.75) is 26.1 Å². The summed E-state index contributed by atoms with van der Waals surface area (Å²) in [4.78, 5) is 0. The van der Waals surface area contributed by atoms with Crippen LogP contribution in [0.4, 0.5) is 0 Å². The molecule has 0 N–H and O–H groups in total. The van der Waals surface area contributed by atoms with Gasteiger partial charge in [-0.05, 0) is 31.0 Å². The fourth-order valence-electron chi connectivity index (χ4n) is 1.31. The number of aryl methyl sites for hydroxylation is 1. The van der Waals surface area contributed by atoms with E-state index < -0.39 is 0 Å². The molecule has 3 heteroatoms. The molecule has 0 aliphatic carbocycles. The maximum atomic E-state index is 5.85. The molecule has 0 spiro atoms. The van der Waals surface area contributed by atoms with E-state index in [0.29, 0.717) is 5.88 Å². The zero-order valence-electron chi connectivity index (χ0n) is 8.44. The molecule has 0 heterocycles. The Kier molecular flexibility index (Phi) is 4.76. The van der Waals surface area contributed by atoms with Gasteiger partial charge in [-0.1, -0.05) is 22.9 Å². The summed E-state index contributed by atoms with van der Waals surface area (Å²) in [6, 6.07) is 4.05. The molecule has 1 aromatic carbocycles. The van der Waals surface area contributed by atoms with Gasteiger partial charge in [-0.2, -0.15) is 0 Å². The largest absolute Gasteiger partial charge is 0.493 e. The third kappa shape index (κ3) is 2.89. The lowest BCUT2D eigenvalue weighted by atomic mass is 10.1. The van der Waals surface area contributed by atoms with Crippen LogP contribution in [0.2, 0.25) is 0 Å². The van der Waals surface area contributed by atoms with Gasteiger partial charge < -0.3 is 4.74 Å². The highest BCUT2D eigenvalue weighted by atomic mass is 79.9. The fourth-order valence-corrected chi connectivity index (χ4v) is 2.13. The predicted octanol–water partition coefficient (Wildman–Crippen LogP) is 4.29. The Morgan fingerprint density at radius 1 is 1.43 bits per heavy atom. The van der Waals surface area contributed by atoms with E-state index in [1.165, 1.54) is 0 Å². The van der Waals surface area contributed by atoms with E-state index in [0.717, 1.165) is 34.4 Å². The van der Waals surface area contributed by atoms with Crippen molar-refractivity contribution in [3.05, 3.63) is 27.7 Å². The molecule has 0 aliphatic rings. The van der Waals surface area contributed by atoms with Crippen molar-refractivity contribution < 1.29 is 4.74 Å².